The Labute approximate surface area is 150 Å². The zero-order valence-electron chi connectivity index (χ0n) is 14.3. The van der Waals surface area contributed by atoms with Crippen LogP contribution >= 0.6 is 0 Å². The van der Waals surface area contributed by atoms with E-state index in [1.807, 2.05) is 47.0 Å². The summed E-state index contributed by atoms with van der Waals surface area (Å²) >= 11 is 0. The Morgan fingerprint density at radius 2 is 1.92 bits per heavy atom. The molecule has 0 aliphatic carbocycles. The molecule has 1 aliphatic heterocycles. The summed E-state index contributed by atoms with van der Waals surface area (Å²) in [6, 6.07) is 13.0. The van der Waals surface area contributed by atoms with Crippen LogP contribution in [0, 0.1) is 0 Å². The number of nitrogens with zero attached hydrogens (tertiary/aromatic N) is 3. The second-order valence-electron chi connectivity index (χ2n) is 6.06. The number of methoxy groups -OCH3 is 1. The van der Waals surface area contributed by atoms with Crippen molar-refractivity contribution in [2.24, 2.45) is 0 Å². The van der Waals surface area contributed by atoms with Crippen molar-refractivity contribution in [1.82, 2.24) is 14.5 Å². The molecule has 4 rings (SSSR count). The summed E-state index contributed by atoms with van der Waals surface area (Å²) in [5.41, 5.74) is 2.79. The molecular formula is C19H18N4O3. The van der Waals surface area contributed by atoms with E-state index in [4.69, 9.17) is 4.74 Å². The van der Waals surface area contributed by atoms with Crippen LogP contribution in [0.3, 0.4) is 0 Å². The maximum Gasteiger partial charge on any atom is 0.409 e. The van der Waals surface area contributed by atoms with Gasteiger partial charge in [0.05, 0.1) is 24.9 Å². The van der Waals surface area contributed by atoms with Crippen molar-refractivity contribution in [2.75, 3.05) is 19.0 Å². The third-order valence-electron chi connectivity index (χ3n) is 4.55. The Morgan fingerprint density at radius 1 is 1.12 bits per heavy atom. The van der Waals surface area contributed by atoms with Gasteiger partial charge in [-0.2, -0.15) is 0 Å². The SMILES string of the molecule is COC(=O)N1CCn2c(c(C(=O)Nc3ccccc3)c3cccnc32)C1. The zero-order valence-corrected chi connectivity index (χ0v) is 14.3. The Hall–Kier alpha value is -3.35. The van der Waals surface area contributed by atoms with Crippen LogP contribution in [0.2, 0.25) is 0 Å². The topological polar surface area (TPSA) is 76.5 Å². The molecule has 0 bridgehead atoms. The third kappa shape index (κ3) is 2.67. The molecule has 0 unspecified atom stereocenters. The minimum Gasteiger partial charge on any atom is -0.453 e. The number of para-hydroxylation sites is 1. The third-order valence-corrected chi connectivity index (χ3v) is 4.55. The van der Waals surface area contributed by atoms with Crippen molar-refractivity contribution < 1.29 is 14.3 Å². The lowest BCUT2D eigenvalue weighted by Crippen LogP contribution is -2.38. The molecule has 1 N–H and O–H groups in total. The fraction of sp³-hybridized carbons (Fsp3) is 0.211. The summed E-state index contributed by atoms with van der Waals surface area (Å²) in [7, 11) is 1.36. The van der Waals surface area contributed by atoms with Gasteiger partial charge < -0.3 is 19.5 Å². The number of carbonyl (C=O) groups excluding carboxylic acids is 2. The highest BCUT2D eigenvalue weighted by molar-refractivity contribution is 6.13. The predicted molar refractivity (Wildman–Crippen MR) is 96.9 cm³/mol. The van der Waals surface area contributed by atoms with Gasteiger partial charge in [-0.05, 0) is 24.3 Å². The number of amides is 2. The zero-order chi connectivity index (χ0) is 18.1. The number of rotatable bonds is 2. The molecule has 0 saturated carbocycles. The first-order chi connectivity index (χ1) is 12.7. The number of ether oxygens (including phenoxy) is 1. The summed E-state index contributed by atoms with van der Waals surface area (Å²) in [6.07, 6.45) is 1.31. The van der Waals surface area contributed by atoms with Gasteiger partial charge >= 0.3 is 6.09 Å². The molecule has 2 aromatic heterocycles. The fourth-order valence-corrected chi connectivity index (χ4v) is 3.36. The molecule has 2 amide bonds. The van der Waals surface area contributed by atoms with Crippen molar-refractivity contribution in [1.29, 1.82) is 0 Å². The number of carbonyl (C=O) groups is 2. The molecule has 3 aromatic rings. The van der Waals surface area contributed by atoms with Crippen molar-refractivity contribution in [3.05, 3.63) is 59.9 Å². The first-order valence-electron chi connectivity index (χ1n) is 8.34. The van der Waals surface area contributed by atoms with Crippen LogP contribution in [0.15, 0.2) is 48.7 Å². The molecule has 132 valence electrons. The molecule has 0 atom stereocenters. The van der Waals surface area contributed by atoms with Crippen LogP contribution in [0.25, 0.3) is 11.0 Å². The van der Waals surface area contributed by atoms with E-state index in [0.717, 1.165) is 22.4 Å². The summed E-state index contributed by atoms with van der Waals surface area (Å²) < 4.78 is 6.84. The minimum atomic E-state index is -0.399. The summed E-state index contributed by atoms with van der Waals surface area (Å²) in [4.78, 5) is 31.0. The van der Waals surface area contributed by atoms with Gasteiger partial charge in [-0.15, -0.1) is 0 Å². The number of nitrogens with one attached hydrogen (secondary N) is 1. The average Bonchev–Trinajstić information content (AvgIpc) is 3.01. The lowest BCUT2D eigenvalue weighted by Gasteiger charge is -2.28. The van der Waals surface area contributed by atoms with Gasteiger partial charge in [0.25, 0.3) is 5.91 Å². The molecule has 1 aromatic carbocycles. The normalized spacial score (nSPS) is 13.3. The molecule has 0 spiro atoms. The monoisotopic (exact) mass is 350 g/mol. The summed E-state index contributed by atoms with van der Waals surface area (Å²) in [5.74, 6) is -0.213. The lowest BCUT2D eigenvalue weighted by atomic mass is 10.1. The molecule has 7 heteroatoms. The van der Waals surface area contributed by atoms with Crippen LogP contribution in [0.5, 0.6) is 0 Å². The van der Waals surface area contributed by atoms with E-state index in [0.29, 0.717) is 25.2 Å². The quantitative estimate of drug-likeness (QED) is 0.771. The van der Waals surface area contributed by atoms with Gasteiger partial charge in [0.2, 0.25) is 0 Å². The first kappa shape index (κ1) is 16.1. The summed E-state index contributed by atoms with van der Waals surface area (Å²) in [5, 5.41) is 3.71. The molecular weight excluding hydrogens is 332 g/mol. The number of benzene rings is 1. The van der Waals surface area contributed by atoms with Crippen LogP contribution in [-0.2, 0) is 17.8 Å². The highest BCUT2D eigenvalue weighted by Crippen LogP contribution is 2.29. The number of hydrogen-bond donors (Lipinski definition) is 1. The number of fused-ring (bicyclic) bond motifs is 3. The van der Waals surface area contributed by atoms with Gasteiger partial charge in [-0.25, -0.2) is 9.78 Å². The predicted octanol–water partition coefficient (Wildman–Crippen LogP) is 2.87. The lowest BCUT2D eigenvalue weighted by molar-refractivity contribution is 0.101. The van der Waals surface area contributed by atoms with E-state index in [-0.39, 0.29) is 5.91 Å². The molecule has 1 aliphatic rings. The van der Waals surface area contributed by atoms with Gasteiger partial charge in [-0.3, -0.25) is 4.79 Å². The van der Waals surface area contributed by atoms with E-state index in [2.05, 4.69) is 10.3 Å². The molecule has 0 saturated heterocycles. The van der Waals surface area contributed by atoms with Gasteiger partial charge in [0.15, 0.2) is 0 Å². The van der Waals surface area contributed by atoms with Crippen LogP contribution in [0.1, 0.15) is 16.1 Å². The van der Waals surface area contributed by atoms with E-state index >= 15 is 0 Å². The number of pyridine rings is 1. The van der Waals surface area contributed by atoms with Crippen LogP contribution < -0.4 is 5.32 Å². The molecule has 3 heterocycles. The van der Waals surface area contributed by atoms with E-state index in [1.54, 1.807) is 11.1 Å². The number of anilines is 1. The van der Waals surface area contributed by atoms with E-state index < -0.39 is 6.09 Å². The maximum absolute atomic E-state index is 13.0. The van der Waals surface area contributed by atoms with Crippen molar-refractivity contribution in [3.63, 3.8) is 0 Å². The Morgan fingerprint density at radius 3 is 2.69 bits per heavy atom. The van der Waals surface area contributed by atoms with Crippen LogP contribution in [-0.4, -0.2) is 40.1 Å². The van der Waals surface area contributed by atoms with E-state index in [9.17, 15) is 9.59 Å². The van der Waals surface area contributed by atoms with Crippen molar-refractivity contribution in [2.45, 2.75) is 13.1 Å². The first-order valence-corrected chi connectivity index (χ1v) is 8.34. The summed E-state index contributed by atoms with van der Waals surface area (Å²) in [6.45, 7) is 1.39. The van der Waals surface area contributed by atoms with Crippen molar-refractivity contribution >= 4 is 28.7 Å². The largest absolute Gasteiger partial charge is 0.453 e. The van der Waals surface area contributed by atoms with Gasteiger partial charge in [0, 0.05) is 30.4 Å². The Kier molecular flexibility index (Phi) is 4.04. The molecule has 0 fully saturated rings. The van der Waals surface area contributed by atoms with Crippen molar-refractivity contribution in [3.8, 4) is 0 Å². The number of hydrogen-bond acceptors (Lipinski definition) is 4. The number of aromatic nitrogens is 2. The van der Waals surface area contributed by atoms with E-state index in [1.165, 1.54) is 7.11 Å². The molecule has 0 radical (unpaired) electrons. The molecule has 26 heavy (non-hydrogen) atoms. The van der Waals surface area contributed by atoms with Crippen LogP contribution in [0.4, 0.5) is 10.5 Å². The standard InChI is InChI=1S/C19H18N4O3/c1-26-19(25)22-10-11-23-15(12-22)16(14-8-5-9-20-17(14)23)18(24)21-13-6-3-2-4-7-13/h2-9H,10-12H2,1H3,(H,21,24). The fourth-order valence-electron chi connectivity index (χ4n) is 3.36. The highest BCUT2D eigenvalue weighted by Gasteiger charge is 2.30. The second kappa shape index (κ2) is 6.51. The van der Waals surface area contributed by atoms with Gasteiger partial charge in [0.1, 0.15) is 5.65 Å². The Bertz CT molecular complexity index is 981. The Balaban J connectivity index is 1.79. The second-order valence-corrected chi connectivity index (χ2v) is 6.06. The smallest absolute Gasteiger partial charge is 0.409 e. The van der Waals surface area contributed by atoms with Gasteiger partial charge in [-0.1, -0.05) is 18.2 Å². The maximum atomic E-state index is 13.0. The minimum absolute atomic E-state index is 0.213. The average molecular weight is 350 g/mol. The molecule has 7 nitrogen and oxygen atoms in total. The highest BCUT2D eigenvalue weighted by atomic mass is 16.5.